The molecule has 3 rings (SSSR count). The number of halogens is 1. The molecule has 0 N–H and O–H groups in total. The number of hydrogen-bond acceptors (Lipinski definition) is 3. The zero-order valence-corrected chi connectivity index (χ0v) is 12.0. The number of nitrogens with zero attached hydrogens (tertiary/aromatic N) is 1. The molecule has 1 heterocycles. The highest BCUT2D eigenvalue weighted by molar-refractivity contribution is 7.18. The summed E-state index contributed by atoms with van der Waals surface area (Å²) in [5, 5.41) is 1.81. The van der Waals surface area contributed by atoms with Gasteiger partial charge in [0.2, 0.25) is 0 Å². The maximum atomic E-state index is 5.85. The van der Waals surface area contributed by atoms with Crippen LogP contribution in [-0.4, -0.2) is 4.98 Å². The van der Waals surface area contributed by atoms with E-state index in [1.54, 1.807) is 11.3 Å². The monoisotopic (exact) mass is 289 g/mol. The van der Waals surface area contributed by atoms with E-state index in [0.717, 1.165) is 26.9 Å². The van der Waals surface area contributed by atoms with E-state index in [0.29, 0.717) is 6.61 Å². The van der Waals surface area contributed by atoms with Crippen LogP contribution in [0.5, 0.6) is 5.75 Å². The molecule has 19 heavy (non-hydrogen) atoms. The number of hydrogen-bond donors (Lipinski definition) is 0. The van der Waals surface area contributed by atoms with Crippen LogP contribution in [0.3, 0.4) is 0 Å². The molecular weight excluding hydrogens is 278 g/mol. The van der Waals surface area contributed by atoms with Gasteiger partial charge in [-0.05, 0) is 36.8 Å². The number of aromatic nitrogens is 1. The molecular formula is C15H12ClNOS. The second-order valence-electron chi connectivity index (χ2n) is 4.28. The first-order valence-corrected chi connectivity index (χ1v) is 7.14. The van der Waals surface area contributed by atoms with Crippen molar-refractivity contribution in [3.63, 3.8) is 0 Å². The van der Waals surface area contributed by atoms with Gasteiger partial charge in [0, 0.05) is 11.1 Å². The minimum atomic E-state index is 0.534. The van der Waals surface area contributed by atoms with Gasteiger partial charge in [0.05, 0.1) is 15.2 Å². The first-order chi connectivity index (χ1) is 9.20. The Morgan fingerprint density at radius 2 is 1.95 bits per heavy atom. The third kappa shape index (κ3) is 2.88. The fraction of sp³-hybridized carbons (Fsp3) is 0.133. The lowest BCUT2D eigenvalue weighted by molar-refractivity contribution is 0.306. The van der Waals surface area contributed by atoms with Crippen molar-refractivity contribution in [1.29, 1.82) is 0 Å². The fourth-order valence-corrected chi connectivity index (χ4v) is 2.79. The van der Waals surface area contributed by atoms with Gasteiger partial charge in [-0.15, -0.1) is 11.3 Å². The lowest BCUT2D eigenvalue weighted by atomic mass is 10.2. The van der Waals surface area contributed by atoms with Gasteiger partial charge in [0.25, 0.3) is 0 Å². The molecule has 96 valence electrons. The lowest BCUT2D eigenvalue weighted by Crippen LogP contribution is -1.94. The van der Waals surface area contributed by atoms with Gasteiger partial charge in [0.1, 0.15) is 12.4 Å². The summed E-state index contributed by atoms with van der Waals surface area (Å²) < 4.78 is 6.96. The minimum Gasteiger partial charge on any atom is -0.489 e. The summed E-state index contributed by atoms with van der Waals surface area (Å²) >= 11 is 7.54. The van der Waals surface area contributed by atoms with Crippen LogP contribution in [0.4, 0.5) is 0 Å². The van der Waals surface area contributed by atoms with Crippen LogP contribution >= 0.6 is 22.9 Å². The van der Waals surface area contributed by atoms with Gasteiger partial charge in [-0.25, -0.2) is 4.98 Å². The molecule has 0 aliphatic carbocycles. The Labute approximate surface area is 120 Å². The molecule has 0 fully saturated rings. The van der Waals surface area contributed by atoms with E-state index < -0.39 is 0 Å². The van der Waals surface area contributed by atoms with Crippen molar-refractivity contribution in [3.8, 4) is 5.75 Å². The van der Waals surface area contributed by atoms with E-state index in [1.807, 2.05) is 43.3 Å². The highest BCUT2D eigenvalue weighted by Gasteiger charge is 2.02. The molecule has 0 unspecified atom stereocenters. The molecule has 4 heteroatoms. The third-order valence-electron chi connectivity index (χ3n) is 2.78. The summed E-state index contributed by atoms with van der Waals surface area (Å²) in [6, 6.07) is 13.7. The van der Waals surface area contributed by atoms with Crippen molar-refractivity contribution < 1.29 is 4.74 Å². The smallest absolute Gasteiger partial charge is 0.122 e. The fourth-order valence-electron chi connectivity index (χ4n) is 1.86. The van der Waals surface area contributed by atoms with Crippen molar-refractivity contribution in [2.45, 2.75) is 13.5 Å². The number of aryl methyl sites for hydroxylation is 1. The van der Waals surface area contributed by atoms with Gasteiger partial charge in [-0.3, -0.25) is 0 Å². The third-order valence-corrected chi connectivity index (χ3v) is 3.99. The summed E-state index contributed by atoms with van der Waals surface area (Å²) in [5.41, 5.74) is 2.09. The predicted octanol–water partition coefficient (Wildman–Crippen LogP) is 4.84. The van der Waals surface area contributed by atoms with E-state index in [9.17, 15) is 0 Å². The second-order valence-corrected chi connectivity index (χ2v) is 5.95. The Morgan fingerprint density at radius 1 is 1.16 bits per heavy atom. The molecule has 0 saturated carbocycles. The number of thiazole rings is 1. The van der Waals surface area contributed by atoms with Crippen LogP contribution < -0.4 is 4.74 Å². The Bertz CT molecular complexity index is 706. The number of rotatable bonds is 3. The van der Waals surface area contributed by atoms with E-state index >= 15 is 0 Å². The molecule has 3 aromatic rings. The zero-order chi connectivity index (χ0) is 13.2. The number of fused-ring (bicyclic) bond motifs is 1. The zero-order valence-electron chi connectivity index (χ0n) is 10.4. The molecule has 0 aliphatic heterocycles. The molecule has 0 saturated heterocycles. The molecule has 2 aromatic carbocycles. The summed E-state index contributed by atoms with van der Waals surface area (Å²) in [4.78, 5) is 4.46. The van der Waals surface area contributed by atoms with Crippen molar-refractivity contribution in [1.82, 2.24) is 4.98 Å². The standard InChI is InChI=1S/C15H12ClNOS/c1-10-17-14-8-13(6-7-15(14)19-10)18-9-11-2-4-12(16)5-3-11/h2-8H,9H2,1H3. The van der Waals surface area contributed by atoms with Crippen molar-refractivity contribution >= 4 is 33.2 Å². The first-order valence-electron chi connectivity index (χ1n) is 5.95. The Morgan fingerprint density at radius 3 is 2.74 bits per heavy atom. The Balaban J connectivity index is 1.75. The molecule has 0 amide bonds. The predicted molar refractivity (Wildman–Crippen MR) is 80.1 cm³/mol. The average molecular weight is 290 g/mol. The molecule has 0 spiro atoms. The number of ether oxygens (including phenoxy) is 1. The molecule has 0 radical (unpaired) electrons. The second kappa shape index (κ2) is 5.19. The Kier molecular flexibility index (Phi) is 3.40. The average Bonchev–Trinajstić information content (AvgIpc) is 2.77. The minimum absolute atomic E-state index is 0.534. The maximum absolute atomic E-state index is 5.85. The van der Waals surface area contributed by atoms with Gasteiger partial charge in [0.15, 0.2) is 0 Å². The quantitative estimate of drug-likeness (QED) is 0.688. The van der Waals surface area contributed by atoms with Gasteiger partial charge in [-0.1, -0.05) is 23.7 Å². The van der Waals surface area contributed by atoms with Crippen LogP contribution in [0.2, 0.25) is 5.02 Å². The van der Waals surface area contributed by atoms with Crippen LogP contribution in [0.1, 0.15) is 10.6 Å². The summed E-state index contributed by atoms with van der Waals surface area (Å²) in [5.74, 6) is 0.841. The van der Waals surface area contributed by atoms with Crippen molar-refractivity contribution in [3.05, 3.63) is 58.1 Å². The Hall–Kier alpha value is -1.58. The van der Waals surface area contributed by atoms with Crippen molar-refractivity contribution in [2.75, 3.05) is 0 Å². The van der Waals surface area contributed by atoms with Crippen LogP contribution in [0.15, 0.2) is 42.5 Å². The van der Waals surface area contributed by atoms with Crippen molar-refractivity contribution in [2.24, 2.45) is 0 Å². The SMILES string of the molecule is Cc1nc2cc(OCc3ccc(Cl)cc3)ccc2s1. The normalized spacial score (nSPS) is 10.8. The summed E-state index contributed by atoms with van der Waals surface area (Å²) in [6.07, 6.45) is 0. The van der Waals surface area contributed by atoms with Crippen LogP contribution in [-0.2, 0) is 6.61 Å². The molecule has 0 bridgehead atoms. The van der Waals surface area contributed by atoms with E-state index in [2.05, 4.69) is 11.1 Å². The van der Waals surface area contributed by atoms with Gasteiger partial charge in [-0.2, -0.15) is 0 Å². The van der Waals surface area contributed by atoms with Gasteiger partial charge < -0.3 is 4.74 Å². The maximum Gasteiger partial charge on any atom is 0.122 e. The summed E-state index contributed by atoms with van der Waals surface area (Å²) in [6.45, 7) is 2.55. The molecule has 1 aromatic heterocycles. The van der Waals surface area contributed by atoms with E-state index in [4.69, 9.17) is 16.3 Å². The lowest BCUT2D eigenvalue weighted by Gasteiger charge is -2.06. The highest BCUT2D eigenvalue weighted by atomic mass is 35.5. The van der Waals surface area contributed by atoms with E-state index in [-0.39, 0.29) is 0 Å². The molecule has 0 atom stereocenters. The van der Waals surface area contributed by atoms with Crippen LogP contribution in [0, 0.1) is 6.92 Å². The van der Waals surface area contributed by atoms with E-state index in [1.165, 1.54) is 4.70 Å². The molecule has 2 nitrogen and oxygen atoms in total. The van der Waals surface area contributed by atoms with Gasteiger partial charge >= 0.3 is 0 Å². The highest BCUT2D eigenvalue weighted by Crippen LogP contribution is 2.26. The number of benzene rings is 2. The topological polar surface area (TPSA) is 22.1 Å². The summed E-state index contributed by atoms with van der Waals surface area (Å²) in [7, 11) is 0. The first kappa shape index (κ1) is 12.5. The van der Waals surface area contributed by atoms with Crippen LogP contribution in [0.25, 0.3) is 10.2 Å². The largest absolute Gasteiger partial charge is 0.489 e. The molecule has 0 aliphatic rings.